The van der Waals surface area contributed by atoms with Crippen molar-refractivity contribution in [1.82, 2.24) is 9.78 Å². The fraction of sp³-hybridized carbons (Fsp3) is 0.419. The van der Waals surface area contributed by atoms with Crippen molar-refractivity contribution < 1.29 is 53.6 Å². The second-order valence-electron chi connectivity index (χ2n) is 10.3. The summed E-state index contributed by atoms with van der Waals surface area (Å²) in [5, 5.41) is 36.0. The summed E-state index contributed by atoms with van der Waals surface area (Å²) in [5.41, 5.74) is 2.43. The minimum absolute atomic E-state index is 0.00133. The Morgan fingerprint density at radius 3 is 2.36 bits per heavy atom. The molecule has 2 aromatic carbocycles. The lowest BCUT2D eigenvalue weighted by Crippen LogP contribution is -2.59. The molecule has 2 heterocycles. The maximum Gasteiger partial charge on any atom is 0.435 e. The Balaban J connectivity index is 1.64. The minimum Gasteiger partial charge on any atom is -0.491 e. The van der Waals surface area contributed by atoms with Gasteiger partial charge in [-0.3, -0.25) is 0 Å². The van der Waals surface area contributed by atoms with Crippen molar-refractivity contribution in [3.63, 3.8) is 0 Å². The van der Waals surface area contributed by atoms with Crippen LogP contribution in [0.3, 0.4) is 0 Å². The predicted octanol–water partition coefficient (Wildman–Crippen LogP) is 2.62. The SMILES string of the molecule is CCOOC(=C=O)[C@H]1O[C@@H](Oc2nn(C(=O)OCc3ccccc3)c(C)c2Cc2ccc(OC(C)C)cc2)[C@H](O)[C@@H](O)[C@@H]1O. The summed E-state index contributed by atoms with van der Waals surface area (Å²) in [5.74, 6) is 1.43. The number of benzene rings is 2. The number of aromatic nitrogens is 2. The van der Waals surface area contributed by atoms with E-state index >= 15 is 0 Å². The summed E-state index contributed by atoms with van der Waals surface area (Å²) < 4.78 is 23.8. The molecule has 0 aliphatic carbocycles. The van der Waals surface area contributed by atoms with Gasteiger partial charge in [0, 0.05) is 12.0 Å². The van der Waals surface area contributed by atoms with Gasteiger partial charge in [0.15, 0.2) is 12.0 Å². The molecule has 3 N–H and O–H groups in total. The average Bonchev–Trinajstić information content (AvgIpc) is 3.32. The van der Waals surface area contributed by atoms with Crippen LogP contribution in [0.1, 0.15) is 43.2 Å². The van der Waals surface area contributed by atoms with Crippen LogP contribution in [0.4, 0.5) is 4.79 Å². The lowest BCUT2D eigenvalue weighted by atomic mass is 9.98. The Kier molecular flexibility index (Phi) is 11.1. The first-order chi connectivity index (χ1) is 21.1. The van der Waals surface area contributed by atoms with Gasteiger partial charge in [-0.25, -0.2) is 9.59 Å². The van der Waals surface area contributed by atoms with Crippen LogP contribution in [0, 0.1) is 6.92 Å². The molecule has 0 unspecified atom stereocenters. The number of rotatable bonds is 12. The highest BCUT2D eigenvalue weighted by Crippen LogP contribution is 2.31. The molecule has 3 aromatic rings. The van der Waals surface area contributed by atoms with Crippen LogP contribution in [-0.2, 0) is 37.1 Å². The van der Waals surface area contributed by atoms with Gasteiger partial charge < -0.3 is 39.2 Å². The standard InChI is InChI=1S/C31H36N2O11/c1-5-40-44-24(16-34)28-26(36)25(35)27(37)30(42-28)43-29-23(15-20-11-13-22(14-12-20)41-18(2)3)19(4)33(32-29)31(38)39-17-21-9-7-6-8-10-21/h6-14,18,25-28,30,35-37H,5,15,17H2,1-4H3/t25-,26-,27+,28+,30-/m0/s1. The van der Waals surface area contributed by atoms with Crippen molar-refractivity contribution in [2.24, 2.45) is 0 Å². The normalized spacial score (nSPS) is 21.4. The summed E-state index contributed by atoms with van der Waals surface area (Å²) in [6.45, 7) is 7.15. The van der Waals surface area contributed by atoms with Crippen LogP contribution in [0.2, 0.25) is 0 Å². The van der Waals surface area contributed by atoms with Crippen molar-refractivity contribution in [2.45, 2.75) is 77.5 Å². The smallest absolute Gasteiger partial charge is 0.435 e. The largest absolute Gasteiger partial charge is 0.491 e. The molecule has 0 saturated carbocycles. The van der Waals surface area contributed by atoms with Crippen LogP contribution in [0.25, 0.3) is 0 Å². The number of carbonyl (C=O) groups excluding carboxylic acids is 2. The van der Waals surface area contributed by atoms with Crippen molar-refractivity contribution in [1.29, 1.82) is 0 Å². The number of carbonyl (C=O) groups is 1. The molecule has 1 aliphatic heterocycles. The predicted molar refractivity (Wildman–Crippen MR) is 153 cm³/mol. The molecule has 13 nitrogen and oxygen atoms in total. The van der Waals surface area contributed by atoms with E-state index in [-0.39, 0.29) is 31.6 Å². The molecule has 5 atom stereocenters. The number of nitrogens with zero attached hydrogens (tertiary/aromatic N) is 2. The van der Waals surface area contributed by atoms with Gasteiger partial charge >= 0.3 is 6.09 Å². The topological polar surface area (TPSA) is 168 Å². The third-order valence-corrected chi connectivity index (χ3v) is 6.68. The highest BCUT2D eigenvalue weighted by Gasteiger charge is 2.48. The molecule has 0 bridgehead atoms. The third kappa shape index (κ3) is 7.83. The Labute approximate surface area is 254 Å². The van der Waals surface area contributed by atoms with Gasteiger partial charge in [-0.15, -0.1) is 5.10 Å². The molecule has 13 heteroatoms. The van der Waals surface area contributed by atoms with E-state index in [2.05, 4.69) is 5.10 Å². The van der Waals surface area contributed by atoms with Gasteiger partial charge in [-0.05, 0) is 51.0 Å². The van der Waals surface area contributed by atoms with Gasteiger partial charge in [0.1, 0.15) is 30.7 Å². The molecule has 1 aliphatic rings. The van der Waals surface area contributed by atoms with Crippen LogP contribution in [-0.4, -0.2) is 80.6 Å². The van der Waals surface area contributed by atoms with E-state index in [4.69, 9.17) is 28.7 Å². The van der Waals surface area contributed by atoms with E-state index in [9.17, 15) is 24.9 Å². The first-order valence-corrected chi connectivity index (χ1v) is 14.1. The molecule has 44 heavy (non-hydrogen) atoms. The van der Waals surface area contributed by atoms with E-state index < -0.39 is 42.6 Å². The lowest BCUT2D eigenvalue weighted by molar-refractivity contribution is -0.308. The second kappa shape index (κ2) is 15.0. The number of hydrogen-bond acceptors (Lipinski definition) is 12. The maximum absolute atomic E-state index is 13.1. The molecule has 0 amide bonds. The van der Waals surface area contributed by atoms with Crippen molar-refractivity contribution in [2.75, 3.05) is 6.61 Å². The van der Waals surface area contributed by atoms with Crippen molar-refractivity contribution in [3.8, 4) is 11.6 Å². The first-order valence-electron chi connectivity index (χ1n) is 14.1. The van der Waals surface area contributed by atoms with Gasteiger partial charge in [0.05, 0.1) is 18.4 Å². The van der Waals surface area contributed by atoms with Gasteiger partial charge in [0.2, 0.25) is 12.2 Å². The zero-order chi connectivity index (χ0) is 31.8. The molecule has 0 radical (unpaired) electrons. The molecule has 0 spiro atoms. The van der Waals surface area contributed by atoms with Gasteiger partial charge in [0.25, 0.3) is 5.76 Å². The Morgan fingerprint density at radius 1 is 1.02 bits per heavy atom. The van der Waals surface area contributed by atoms with Gasteiger partial charge in [-0.1, -0.05) is 42.5 Å². The molecule has 1 fully saturated rings. The number of aliphatic hydroxyl groups excluding tert-OH is 3. The lowest BCUT2D eigenvalue weighted by Gasteiger charge is -2.39. The quantitative estimate of drug-likeness (QED) is 0.119. The molecule has 1 saturated heterocycles. The summed E-state index contributed by atoms with van der Waals surface area (Å²) >= 11 is 0. The zero-order valence-corrected chi connectivity index (χ0v) is 24.8. The Hall–Kier alpha value is -4.23. The average molecular weight is 613 g/mol. The Bertz CT molecular complexity index is 1430. The highest BCUT2D eigenvalue weighted by atomic mass is 17.2. The molecular formula is C31H36N2O11. The van der Waals surface area contributed by atoms with Crippen molar-refractivity contribution in [3.05, 3.63) is 82.7 Å². The van der Waals surface area contributed by atoms with Crippen LogP contribution in [0.5, 0.6) is 11.6 Å². The minimum atomic E-state index is -1.82. The van der Waals surface area contributed by atoms with E-state index in [1.54, 1.807) is 13.8 Å². The number of aliphatic hydroxyl groups is 3. The van der Waals surface area contributed by atoms with E-state index in [0.717, 1.165) is 15.8 Å². The maximum atomic E-state index is 13.1. The fourth-order valence-corrected chi connectivity index (χ4v) is 4.44. The summed E-state index contributed by atoms with van der Waals surface area (Å²) in [7, 11) is 0. The molecular weight excluding hydrogens is 576 g/mol. The van der Waals surface area contributed by atoms with Crippen molar-refractivity contribution >= 4 is 12.0 Å². The summed E-state index contributed by atoms with van der Waals surface area (Å²) in [6, 6.07) is 16.4. The Morgan fingerprint density at radius 2 is 1.73 bits per heavy atom. The summed E-state index contributed by atoms with van der Waals surface area (Å²) in [4.78, 5) is 34.3. The zero-order valence-electron chi connectivity index (χ0n) is 24.8. The molecule has 4 rings (SSSR count). The summed E-state index contributed by atoms with van der Waals surface area (Å²) in [6.07, 6.45) is -9.18. The van der Waals surface area contributed by atoms with E-state index in [1.165, 1.54) is 5.94 Å². The number of ether oxygens (including phenoxy) is 4. The third-order valence-electron chi connectivity index (χ3n) is 6.68. The number of hydrogen-bond donors (Lipinski definition) is 3. The second-order valence-corrected chi connectivity index (χ2v) is 10.3. The molecule has 236 valence electrons. The van der Waals surface area contributed by atoms with Crippen LogP contribution >= 0.6 is 0 Å². The van der Waals surface area contributed by atoms with Gasteiger partial charge in [-0.2, -0.15) is 9.57 Å². The van der Waals surface area contributed by atoms with E-state index in [0.29, 0.717) is 17.0 Å². The first kappa shape index (κ1) is 32.7. The highest BCUT2D eigenvalue weighted by molar-refractivity contribution is 5.71. The fourth-order valence-electron chi connectivity index (χ4n) is 4.44. The monoisotopic (exact) mass is 612 g/mol. The van der Waals surface area contributed by atoms with Crippen LogP contribution < -0.4 is 9.47 Å². The van der Waals surface area contributed by atoms with Crippen LogP contribution in [0.15, 0.2) is 60.4 Å². The molecule has 1 aromatic heterocycles. The van der Waals surface area contributed by atoms with E-state index in [1.807, 2.05) is 68.4 Å².